The molecule has 21 heavy (non-hydrogen) atoms. The van der Waals surface area contributed by atoms with E-state index in [1.165, 1.54) is 57.2 Å². The Morgan fingerprint density at radius 3 is 2.24 bits per heavy atom. The van der Waals surface area contributed by atoms with Gasteiger partial charge in [-0.15, -0.1) is 0 Å². The van der Waals surface area contributed by atoms with Crippen LogP contribution in [0.4, 0.5) is 0 Å². The van der Waals surface area contributed by atoms with Crippen molar-refractivity contribution in [2.45, 2.75) is 65.3 Å². The Morgan fingerprint density at radius 2 is 1.67 bits per heavy atom. The molecule has 1 aromatic rings. The Hall–Kier alpha value is -0.940. The SMILES string of the molecule is CCCCCCC[n+]1ccccc1CCC.CS(=O)(=O)[O-]. The first kappa shape index (κ1) is 20.1. The average Bonchev–Trinajstić information content (AvgIpc) is 2.39. The summed E-state index contributed by atoms with van der Waals surface area (Å²) in [5.41, 5.74) is 1.49. The van der Waals surface area contributed by atoms with Crippen molar-refractivity contribution in [1.82, 2.24) is 0 Å². The quantitative estimate of drug-likeness (QED) is 0.421. The average molecular weight is 315 g/mol. The lowest BCUT2D eigenvalue weighted by molar-refractivity contribution is -0.704. The van der Waals surface area contributed by atoms with Crippen molar-refractivity contribution in [3.8, 4) is 0 Å². The predicted molar refractivity (Wildman–Crippen MR) is 85.0 cm³/mol. The topological polar surface area (TPSA) is 61.1 Å². The lowest BCUT2D eigenvalue weighted by atomic mass is 10.1. The van der Waals surface area contributed by atoms with Crippen LogP contribution >= 0.6 is 0 Å². The van der Waals surface area contributed by atoms with Gasteiger partial charge in [0, 0.05) is 31.2 Å². The van der Waals surface area contributed by atoms with Gasteiger partial charge in [0.1, 0.15) is 6.54 Å². The van der Waals surface area contributed by atoms with E-state index in [4.69, 9.17) is 13.0 Å². The Balaban J connectivity index is 0.000000690. The monoisotopic (exact) mass is 315 g/mol. The number of pyridine rings is 1. The molecule has 0 N–H and O–H groups in total. The minimum atomic E-state index is -3.92. The first-order valence-corrected chi connectivity index (χ1v) is 9.58. The number of nitrogens with zero attached hydrogens (tertiary/aromatic N) is 1. The minimum absolute atomic E-state index is 0.604. The molecule has 0 aliphatic rings. The molecule has 5 heteroatoms. The van der Waals surface area contributed by atoms with Crippen molar-refractivity contribution < 1.29 is 17.5 Å². The number of hydrogen-bond donors (Lipinski definition) is 0. The molecule has 0 aliphatic heterocycles. The maximum atomic E-state index is 9.08. The highest BCUT2D eigenvalue weighted by Crippen LogP contribution is 2.03. The summed E-state index contributed by atoms with van der Waals surface area (Å²) < 4.78 is 29.7. The number of aryl methyl sites for hydroxylation is 2. The summed E-state index contributed by atoms with van der Waals surface area (Å²) >= 11 is 0. The minimum Gasteiger partial charge on any atom is -0.748 e. The van der Waals surface area contributed by atoms with E-state index in [1.807, 2.05) is 0 Å². The highest BCUT2D eigenvalue weighted by atomic mass is 32.2. The highest BCUT2D eigenvalue weighted by molar-refractivity contribution is 7.84. The molecule has 1 aromatic heterocycles. The molecule has 0 saturated carbocycles. The lowest BCUT2D eigenvalue weighted by Crippen LogP contribution is -2.37. The van der Waals surface area contributed by atoms with Crippen molar-refractivity contribution in [2.24, 2.45) is 0 Å². The van der Waals surface area contributed by atoms with Gasteiger partial charge in [0.15, 0.2) is 11.9 Å². The smallest absolute Gasteiger partial charge is 0.181 e. The molecule has 0 radical (unpaired) electrons. The van der Waals surface area contributed by atoms with Crippen LogP contribution in [-0.2, 0) is 23.1 Å². The van der Waals surface area contributed by atoms with Gasteiger partial charge in [0.25, 0.3) is 0 Å². The third kappa shape index (κ3) is 13.8. The highest BCUT2D eigenvalue weighted by Gasteiger charge is 2.07. The Labute approximate surface area is 130 Å². The van der Waals surface area contributed by atoms with Crippen molar-refractivity contribution in [3.63, 3.8) is 0 Å². The van der Waals surface area contributed by atoms with Gasteiger partial charge < -0.3 is 4.55 Å². The molecule has 0 fully saturated rings. The van der Waals surface area contributed by atoms with Gasteiger partial charge in [0.05, 0.1) is 10.1 Å². The fraction of sp³-hybridized carbons (Fsp3) is 0.688. The van der Waals surface area contributed by atoms with E-state index < -0.39 is 10.1 Å². The maximum Gasteiger partial charge on any atom is 0.181 e. The van der Waals surface area contributed by atoms with Crippen molar-refractivity contribution in [3.05, 3.63) is 30.1 Å². The first-order chi connectivity index (χ1) is 9.88. The van der Waals surface area contributed by atoms with Crippen LogP contribution in [0, 0.1) is 0 Å². The number of hydrogen-bond acceptors (Lipinski definition) is 3. The van der Waals surface area contributed by atoms with Crippen LogP contribution in [0.1, 0.15) is 58.1 Å². The first-order valence-electron chi connectivity index (χ1n) is 7.76. The number of aromatic nitrogens is 1. The van der Waals surface area contributed by atoms with Gasteiger partial charge in [-0.3, -0.25) is 0 Å². The van der Waals surface area contributed by atoms with E-state index in [0.29, 0.717) is 6.26 Å². The third-order valence-corrected chi connectivity index (χ3v) is 3.04. The second-order valence-electron chi connectivity index (χ2n) is 5.25. The van der Waals surface area contributed by atoms with Crippen molar-refractivity contribution in [1.29, 1.82) is 0 Å². The summed E-state index contributed by atoms with van der Waals surface area (Å²) in [5, 5.41) is 0. The molecule has 4 nitrogen and oxygen atoms in total. The van der Waals surface area contributed by atoms with Gasteiger partial charge in [-0.2, -0.15) is 0 Å². The summed E-state index contributed by atoms with van der Waals surface area (Å²) in [5.74, 6) is 0. The standard InChI is InChI=1S/C15H26N.CH4O3S/c1-3-5-6-7-9-13-16-14-10-8-12-15(16)11-4-2;1-5(2,3)4/h8,10,12,14H,3-7,9,11,13H2,1-2H3;1H3,(H,2,3,4)/q+1;/p-1. The zero-order valence-electron chi connectivity index (χ0n) is 13.5. The maximum absolute atomic E-state index is 9.08. The summed E-state index contributed by atoms with van der Waals surface area (Å²) in [6.07, 6.45) is 12.1. The molecule has 0 bridgehead atoms. The predicted octanol–water partition coefficient (Wildman–Crippen LogP) is 3.06. The van der Waals surface area contributed by atoms with Gasteiger partial charge in [-0.1, -0.05) is 39.2 Å². The molecule has 0 spiro atoms. The van der Waals surface area contributed by atoms with Crippen LogP contribution in [0.5, 0.6) is 0 Å². The Bertz CT molecular complexity index is 464. The van der Waals surface area contributed by atoms with Crippen LogP contribution in [-0.4, -0.2) is 19.2 Å². The number of rotatable bonds is 8. The summed E-state index contributed by atoms with van der Waals surface area (Å²) in [6, 6.07) is 6.55. The molecule has 0 saturated heterocycles. The second-order valence-corrected chi connectivity index (χ2v) is 6.66. The van der Waals surface area contributed by atoms with E-state index in [1.54, 1.807) is 0 Å². The summed E-state index contributed by atoms with van der Waals surface area (Å²) in [6.45, 7) is 5.71. The molecular formula is C16H29NO3S. The fourth-order valence-corrected chi connectivity index (χ4v) is 2.10. The van der Waals surface area contributed by atoms with Crippen molar-refractivity contribution in [2.75, 3.05) is 6.26 Å². The van der Waals surface area contributed by atoms with Crippen LogP contribution in [0.15, 0.2) is 24.4 Å². The van der Waals surface area contributed by atoms with Gasteiger partial charge in [-0.05, 0) is 12.8 Å². The Morgan fingerprint density at radius 1 is 1.05 bits per heavy atom. The molecule has 0 aliphatic carbocycles. The van der Waals surface area contributed by atoms with E-state index >= 15 is 0 Å². The van der Waals surface area contributed by atoms with Crippen molar-refractivity contribution >= 4 is 10.1 Å². The summed E-state index contributed by atoms with van der Waals surface area (Å²) in [7, 11) is -3.92. The molecule has 0 aromatic carbocycles. The zero-order chi connectivity index (χ0) is 16.1. The molecular weight excluding hydrogens is 286 g/mol. The van der Waals surface area contributed by atoms with E-state index in [-0.39, 0.29) is 0 Å². The van der Waals surface area contributed by atoms with Crippen LogP contribution in [0.25, 0.3) is 0 Å². The molecule has 0 amide bonds. The van der Waals surface area contributed by atoms with E-state index in [9.17, 15) is 0 Å². The largest absolute Gasteiger partial charge is 0.748 e. The second kappa shape index (κ2) is 11.7. The van der Waals surface area contributed by atoms with E-state index in [2.05, 4.69) is 42.8 Å². The zero-order valence-corrected chi connectivity index (χ0v) is 14.4. The molecule has 0 atom stereocenters. The molecule has 122 valence electrons. The summed E-state index contributed by atoms with van der Waals surface area (Å²) in [4.78, 5) is 0. The van der Waals surface area contributed by atoms with Crippen LogP contribution in [0.2, 0.25) is 0 Å². The van der Waals surface area contributed by atoms with Crippen LogP contribution in [0.3, 0.4) is 0 Å². The van der Waals surface area contributed by atoms with Gasteiger partial charge >= 0.3 is 0 Å². The van der Waals surface area contributed by atoms with Gasteiger partial charge in [-0.25, -0.2) is 13.0 Å². The Kier molecular flexibility index (Phi) is 11.2. The lowest BCUT2D eigenvalue weighted by Gasteiger charge is -2.02. The number of unbranched alkanes of at least 4 members (excludes halogenated alkanes) is 4. The van der Waals surface area contributed by atoms with E-state index in [0.717, 1.165) is 0 Å². The normalized spacial score (nSPS) is 10.9. The van der Waals surface area contributed by atoms with Crippen LogP contribution < -0.4 is 4.57 Å². The molecule has 1 heterocycles. The molecule has 1 rings (SSSR count). The fourth-order valence-electron chi connectivity index (χ4n) is 2.10. The molecule has 0 unspecified atom stereocenters. The third-order valence-electron chi connectivity index (χ3n) is 3.04. The van der Waals surface area contributed by atoms with Gasteiger partial charge in [0.2, 0.25) is 0 Å².